The molecule has 1 aliphatic rings. The van der Waals surface area contributed by atoms with E-state index in [0.717, 1.165) is 24.6 Å². The first-order chi connectivity index (χ1) is 16.1. The minimum absolute atomic E-state index is 0.223. The summed E-state index contributed by atoms with van der Waals surface area (Å²) in [6.07, 6.45) is 21.7. The van der Waals surface area contributed by atoms with E-state index < -0.39 is 11.9 Å². The van der Waals surface area contributed by atoms with Crippen molar-refractivity contribution in [1.82, 2.24) is 0 Å². The number of anilines is 1. The average Bonchev–Trinajstić information content (AvgIpc) is 2.80. The number of hydrogen-bond donors (Lipinski definition) is 1. The number of halogens is 1. The molecule has 2 rings (SSSR count). The van der Waals surface area contributed by atoms with E-state index in [0.29, 0.717) is 11.4 Å². The monoisotopic (exact) mass is 477 g/mol. The number of carbonyl (C=O) groups excluding carboxylic acids is 2. The van der Waals surface area contributed by atoms with Gasteiger partial charge in [0.2, 0.25) is 0 Å². The minimum atomic E-state index is -0.686. The van der Waals surface area contributed by atoms with Gasteiger partial charge in [0.1, 0.15) is 0 Å². The first-order valence-electron chi connectivity index (χ1n) is 13.4. The second-order valence-electron chi connectivity index (χ2n) is 9.61. The van der Waals surface area contributed by atoms with Crippen LogP contribution >= 0.6 is 11.6 Å². The van der Waals surface area contributed by atoms with Crippen molar-refractivity contribution in [2.45, 2.75) is 116 Å². The molecule has 5 heteroatoms. The molecule has 0 bridgehead atoms. The number of esters is 2. The van der Waals surface area contributed by atoms with Crippen molar-refractivity contribution in [2.24, 2.45) is 5.92 Å². The van der Waals surface area contributed by atoms with Crippen molar-refractivity contribution < 1.29 is 14.3 Å². The van der Waals surface area contributed by atoms with Crippen LogP contribution < -0.4 is 5.32 Å². The molecule has 0 spiro atoms. The Morgan fingerprint density at radius 1 is 0.939 bits per heavy atom. The van der Waals surface area contributed by atoms with E-state index >= 15 is 0 Å². The molecule has 0 aliphatic heterocycles. The van der Waals surface area contributed by atoms with Crippen LogP contribution in [0.2, 0.25) is 5.02 Å². The van der Waals surface area contributed by atoms with E-state index in [2.05, 4.69) is 5.32 Å². The molecule has 0 amide bonds. The Morgan fingerprint density at radius 3 is 2.21 bits per heavy atom. The molecule has 186 valence electrons. The summed E-state index contributed by atoms with van der Waals surface area (Å²) in [4.78, 5) is 23.5. The second kappa shape index (κ2) is 17.0. The van der Waals surface area contributed by atoms with Crippen molar-refractivity contribution in [1.29, 1.82) is 0 Å². The molecular formula is C28H44ClNO3. The molecule has 1 aromatic rings. The zero-order chi connectivity index (χ0) is 23.7. The van der Waals surface area contributed by atoms with Crippen molar-refractivity contribution in [3.63, 3.8) is 0 Å². The first-order valence-corrected chi connectivity index (χ1v) is 13.8. The Balaban J connectivity index is 1.46. The molecular weight excluding hydrogens is 434 g/mol. The van der Waals surface area contributed by atoms with Crippen LogP contribution in [0.25, 0.3) is 0 Å². The Morgan fingerprint density at radius 2 is 1.58 bits per heavy atom. The molecule has 0 aromatic heterocycles. The molecule has 0 atom stereocenters. The minimum Gasteiger partial charge on any atom is -0.389 e. The highest BCUT2D eigenvalue weighted by Crippen LogP contribution is 2.28. The quantitative estimate of drug-likeness (QED) is 0.147. The van der Waals surface area contributed by atoms with E-state index in [9.17, 15) is 9.59 Å². The van der Waals surface area contributed by atoms with Gasteiger partial charge in [-0.2, -0.15) is 0 Å². The maximum absolute atomic E-state index is 12.0. The predicted octanol–water partition coefficient (Wildman–Crippen LogP) is 8.72. The van der Waals surface area contributed by atoms with E-state index in [1.807, 2.05) is 6.92 Å². The van der Waals surface area contributed by atoms with Gasteiger partial charge < -0.3 is 10.1 Å². The van der Waals surface area contributed by atoms with E-state index in [1.54, 1.807) is 18.2 Å². The average molecular weight is 478 g/mol. The van der Waals surface area contributed by atoms with Crippen molar-refractivity contribution >= 4 is 29.2 Å². The second-order valence-corrected chi connectivity index (χ2v) is 10.0. The molecule has 0 saturated heterocycles. The Kier molecular flexibility index (Phi) is 14.2. The fraction of sp³-hybridized carbons (Fsp3) is 0.714. The van der Waals surface area contributed by atoms with Gasteiger partial charge in [0.25, 0.3) is 0 Å². The van der Waals surface area contributed by atoms with Crippen molar-refractivity contribution in [2.75, 3.05) is 11.9 Å². The van der Waals surface area contributed by atoms with E-state index in [4.69, 9.17) is 16.3 Å². The highest BCUT2D eigenvalue weighted by atomic mass is 35.5. The smallest absolute Gasteiger partial charge is 0.347 e. The Labute approximate surface area is 206 Å². The number of ether oxygens (including phenoxy) is 1. The SMILES string of the molecule is CCCC(=O)OC(=O)c1ccc(NCCCCCCCCCCCC2CCCCC2)cc1Cl. The highest BCUT2D eigenvalue weighted by molar-refractivity contribution is 6.34. The van der Waals surface area contributed by atoms with Crippen LogP contribution in [0.5, 0.6) is 0 Å². The third-order valence-electron chi connectivity index (χ3n) is 6.69. The van der Waals surface area contributed by atoms with Gasteiger partial charge in [0, 0.05) is 18.7 Å². The largest absolute Gasteiger partial charge is 0.389 e. The van der Waals surface area contributed by atoms with Crippen LogP contribution in [0.4, 0.5) is 5.69 Å². The van der Waals surface area contributed by atoms with Crippen LogP contribution in [0.1, 0.15) is 126 Å². The molecule has 1 aliphatic carbocycles. The van der Waals surface area contributed by atoms with Crippen molar-refractivity contribution in [3.8, 4) is 0 Å². The predicted molar refractivity (Wildman–Crippen MR) is 138 cm³/mol. The van der Waals surface area contributed by atoms with Gasteiger partial charge in [-0.1, -0.05) is 108 Å². The standard InChI is InChI=1S/C28H44ClNO3/c1-2-15-27(31)33-28(32)25-20-19-24(22-26(25)29)30-21-14-9-7-5-3-4-6-8-11-16-23-17-12-10-13-18-23/h19-20,22-23,30H,2-18,21H2,1H3. The summed E-state index contributed by atoms with van der Waals surface area (Å²) in [7, 11) is 0. The fourth-order valence-electron chi connectivity index (χ4n) is 4.71. The zero-order valence-corrected chi connectivity index (χ0v) is 21.4. The highest BCUT2D eigenvalue weighted by Gasteiger charge is 2.16. The maximum Gasteiger partial charge on any atom is 0.347 e. The van der Waals surface area contributed by atoms with Crippen LogP contribution in [0.3, 0.4) is 0 Å². The number of hydrogen-bond acceptors (Lipinski definition) is 4. The molecule has 4 nitrogen and oxygen atoms in total. The van der Waals surface area contributed by atoms with Crippen LogP contribution in [0.15, 0.2) is 18.2 Å². The van der Waals surface area contributed by atoms with Crippen LogP contribution in [0, 0.1) is 5.92 Å². The van der Waals surface area contributed by atoms with Gasteiger partial charge >= 0.3 is 11.9 Å². The van der Waals surface area contributed by atoms with Crippen molar-refractivity contribution in [3.05, 3.63) is 28.8 Å². The summed E-state index contributed by atoms with van der Waals surface area (Å²) in [6.45, 7) is 2.75. The number of nitrogens with one attached hydrogen (secondary N) is 1. The summed E-state index contributed by atoms with van der Waals surface area (Å²) < 4.78 is 4.81. The van der Waals surface area contributed by atoms with Gasteiger partial charge in [0.05, 0.1) is 10.6 Å². The maximum atomic E-state index is 12.0. The van der Waals surface area contributed by atoms with Gasteiger partial charge in [0.15, 0.2) is 0 Å². The summed E-state index contributed by atoms with van der Waals surface area (Å²) in [5, 5.41) is 3.66. The molecule has 1 N–H and O–H groups in total. The van der Waals surface area contributed by atoms with Gasteiger partial charge in [-0.05, 0) is 37.0 Å². The molecule has 0 radical (unpaired) electrons. The van der Waals surface area contributed by atoms with E-state index in [-0.39, 0.29) is 12.0 Å². The molecule has 1 aromatic carbocycles. The lowest BCUT2D eigenvalue weighted by atomic mass is 9.85. The summed E-state index contributed by atoms with van der Waals surface area (Å²) in [5.74, 6) is -0.163. The van der Waals surface area contributed by atoms with Gasteiger partial charge in [-0.25, -0.2) is 4.79 Å². The van der Waals surface area contributed by atoms with Crippen LogP contribution in [-0.4, -0.2) is 18.5 Å². The Hall–Kier alpha value is -1.55. The molecule has 0 unspecified atom stereocenters. The lowest BCUT2D eigenvalue weighted by Crippen LogP contribution is -2.12. The first kappa shape index (κ1) is 27.7. The van der Waals surface area contributed by atoms with Gasteiger partial charge in [-0.15, -0.1) is 0 Å². The summed E-state index contributed by atoms with van der Waals surface area (Å²) >= 11 is 6.21. The van der Waals surface area contributed by atoms with Gasteiger partial charge in [-0.3, -0.25) is 4.79 Å². The third-order valence-corrected chi connectivity index (χ3v) is 7.01. The lowest BCUT2D eigenvalue weighted by Gasteiger charge is -2.21. The molecule has 1 saturated carbocycles. The van der Waals surface area contributed by atoms with Crippen LogP contribution in [-0.2, 0) is 9.53 Å². The lowest BCUT2D eigenvalue weighted by molar-refractivity contribution is -0.137. The molecule has 1 fully saturated rings. The zero-order valence-electron chi connectivity index (χ0n) is 20.6. The molecule has 0 heterocycles. The fourth-order valence-corrected chi connectivity index (χ4v) is 4.97. The van der Waals surface area contributed by atoms with E-state index in [1.165, 1.54) is 89.9 Å². The third kappa shape index (κ3) is 11.9. The number of carbonyl (C=O) groups is 2. The summed E-state index contributed by atoms with van der Waals surface area (Å²) in [5.41, 5.74) is 1.10. The summed E-state index contributed by atoms with van der Waals surface area (Å²) in [6, 6.07) is 5.14. The topological polar surface area (TPSA) is 55.4 Å². The number of benzene rings is 1. The number of rotatable bonds is 16. The molecule has 33 heavy (non-hydrogen) atoms. The Bertz CT molecular complexity index is 700. The normalized spacial score (nSPS) is 14.2. The number of unbranched alkanes of at least 4 members (excludes halogenated alkanes) is 8.